The first kappa shape index (κ1) is 16.4. The van der Waals surface area contributed by atoms with Gasteiger partial charge >= 0.3 is 6.09 Å². The van der Waals surface area contributed by atoms with E-state index in [0.29, 0.717) is 19.7 Å². The van der Waals surface area contributed by atoms with Crippen molar-refractivity contribution in [3.63, 3.8) is 0 Å². The van der Waals surface area contributed by atoms with Gasteiger partial charge in [-0.25, -0.2) is 4.79 Å². The number of hydrogen-bond donors (Lipinski definition) is 1. The standard InChI is InChI=1S/C21H20N2O3/c24-21(25)23-12-17(19(13-23)15-5-2-1-3-6-15)14-26-20-8-4-7-16-11-22-10-9-18(16)20/h1-11,17,19H,12-14H2,(H,24,25)/t17-,19-/m1/s1. The van der Waals surface area contributed by atoms with Crippen molar-refractivity contribution >= 4 is 16.9 Å². The van der Waals surface area contributed by atoms with Crippen LogP contribution in [-0.2, 0) is 0 Å². The first-order valence-electron chi connectivity index (χ1n) is 8.71. The van der Waals surface area contributed by atoms with Gasteiger partial charge in [0.1, 0.15) is 5.75 Å². The molecule has 3 aromatic rings. The minimum absolute atomic E-state index is 0.116. The van der Waals surface area contributed by atoms with Crippen molar-refractivity contribution in [1.29, 1.82) is 0 Å². The summed E-state index contributed by atoms with van der Waals surface area (Å²) in [5.74, 6) is 1.07. The monoisotopic (exact) mass is 348 g/mol. The van der Waals surface area contributed by atoms with Crippen molar-refractivity contribution in [3.05, 3.63) is 72.6 Å². The molecule has 1 N–H and O–H groups in total. The fourth-order valence-corrected chi connectivity index (χ4v) is 3.69. The van der Waals surface area contributed by atoms with Gasteiger partial charge in [-0.2, -0.15) is 0 Å². The smallest absolute Gasteiger partial charge is 0.407 e. The third-order valence-corrected chi connectivity index (χ3v) is 5.03. The van der Waals surface area contributed by atoms with E-state index in [1.165, 1.54) is 4.90 Å². The molecule has 0 saturated carbocycles. The fraction of sp³-hybridized carbons (Fsp3) is 0.238. The zero-order valence-corrected chi connectivity index (χ0v) is 14.3. The van der Waals surface area contributed by atoms with Crippen molar-refractivity contribution in [2.45, 2.75) is 5.92 Å². The molecule has 4 rings (SSSR count). The molecule has 1 aliphatic rings. The maximum absolute atomic E-state index is 11.5. The molecular formula is C21H20N2O3. The van der Waals surface area contributed by atoms with Crippen LogP contribution in [0.3, 0.4) is 0 Å². The molecule has 2 aromatic carbocycles. The summed E-state index contributed by atoms with van der Waals surface area (Å²) < 4.78 is 6.14. The van der Waals surface area contributed by atoms with E-state index in [2.05, 4.69) is 17.1 Å². The molecule has 0 unspecified atom stereocenters. The van der Waals surface area contributed by atoms with Crippen LogP contribution in [0, 0.1) is 5.92 Å². The summed E-state index contributed by atoms with van der Waals surface area (Å²) in [6.07, 6.45) is 2.70. The van der Waals surface area contributed by atoms with Crippen LogP contribution in [0.25, 0.3) is 10.8 Å². The Bertz CT molecular complexity index is 908. The summed E-state index contributed by atoms with van der Waals surface area (Å²) in [6, 6.07) is 17.9. The van der Waals surface area contributed by atoms with E-state index in [-0.39, 0.29) is 11.8 Å². The van der Waals surface area contributed by atoms with Crippen LogP contribution < -0.4 is 4.74 Å². The third-order valence-electron chi connectivity index (χ3n) is 5.03. The van der Waals surface area contributed by atoms with Crippen LogP contribution in [0.15, 0.2) is 67.0 Å². The Hall–Kier alpha value is -3.08. The Kier molecular flexibility index (Phi) is 4.44. The van der Waals surface area contributed by atoms with Gasteiger partial charge in [0.05, 0.1) is 6.61 Å². The number of aromatic nitrogens is 1. The number of hydrogen-bond acceptors (Lipinski definition) is 3. The van der Waals surface area contributed by atoms with Gasteiger partial charge in [-0.05, 0) is 17.7 Å². The van der Waals surface area contributed by atoms with Crippen LogP contribution in [0.5, 0.6) is 5.75 Å². The minimum Gasteiger partial charge on any atom is -0.493 e. The lowest BCUT2D eigenvalue weighted by Crippen LogP contribution is -2.27. The first-order valence-corrected chi connectivity index (χ1v) is 8.71. The summed E-state index contributed by atoms with van der Waals surface area (Å²) in [5.41, 5.74) is 1.16. The van der Waals surface area contributed by atoms with Gasteiger partial charge in [0.15, 0.2) is 0 Å². The Balaban J connectivity index is 1.56. The largest absolute Gasteiger partial charge is 0.493 e. The van der Waals surface area contributed by atoms with Gasteiger partial charge in [0.2, 0.25) is 0 Å². The van der Waals surface area contributed by atoms with E-state index >= 15 is 0 Å². The van der Waals surface area contributed by atoms with Gasteiger partial charge in [0.25, 0.3) is 0 Å². The molecule has 1 saturated heterocycles. The number of carboxylic acid groups (broad SMARTS) is 1. The van der Waals surface area contributed by atoms with Crippen LogP contribution in [0.1, 0.15) is 11.5 Å². The minimum atomic E-state index is -0.871. The molecule has 0 spiro atoms. The van der Waals surface area contributed by atoms with E-state index in [9.17, 15) is 9.90 Å². The molecule has 5 heteroatoms. The summed E-state index contributed by atoms with van der Waals surface area (Å²) in [4.78, 5) is 17.1. The lowest BCUT2D eigenvalue weighted by Gasteiger charge is -2.19. The average Bonchev–Trinajstić information content (AvgIpc) is 3.11. The molecule has 26 heavy (non-hydrogen) atoms. The number of nitrogens with zero attached hydrogens (tertiary/aromatic N) is 2. The number of rotatable bonds is 4. The first-order chi connectivity index (χ1) is 12.7. The highest BCUT2D eigenvalue weighted by Gasteiger charge is 2.36. The van der Waals surface area contributed by atoms with Crippen LogP contribution in [-0.4, -0.2) is 40.8 Å². The molecule has 0 bridgehead atoms. The van der Waals surface area contributed by atoms with E-state index < -0.39 is 6.09 Å². The average molecular weight is 348 g/mol. The van der Waals surface area contributed by atoms with Crippen LogP contribution in [0.4, 0.5) is 4.79 Å². The van der Waals surface area contributed by atoms with Gasteiger partial charge < -0.3 is 14.7 Å². The predicted molar refractivity (Wildman–Crippen MR) is 99.5 cm³/mol. The number of pyridine rings is 1. The van der Waals surface area contributed by atoms with Gasteiger partial charge in [-0.15, -0.1) is 0 Å². The summed E-state index contributed by atoms with van der Waals surface area (Å²) in [5, 5.41) is 11.5. The molecule has 1 aromatic heterocycles. The Labute approximate surface area is 151 Å². The van der Waals surface area contributed by atoms with Gasteiger partial charge in [0, 0.05) is 48.1 Å². The normalized spacial score (nSPS) is 19.6. The Morgan fingerprint density at radius 1 is 1.12 bits per heavy atom. The quantitative estimate of drug-likeness (QED) is 0.774. The fourth-order valence-electron chi connectivity index (χ4n) is 3.69. The predicted octanol–water partition coefficient (Wildman–Crippen LogP) is 4.01. The molecule has 2 atom stereocenters. The molecule has 0 radical (unpaired) electrons. The highest BCUT2D eigenvalue weighted by Crippen LogP contribution is 2.34. The second kappa shape index (κ2) is 7.04. The van der Waals surface area contributed by atoms with Crippen molar-refractivity contribution in [2.24, 2.45) is 5.92 Å². The van der Waals surface area contributed by atoms with Crippen LogP contribution in [0.2, 0.25) is 0 Å². The summed E-state index contributed by atoms with van der Waals surface area (Å²) >= 11 is 0. The number of benzene rings is 2. The number of likely N-dealkylation sites (tertiary alicyclic amines) is 1. The van der Waals surface area contributed by atoms with Crippen molar-refractivity contribution < 1.29 is 14.6 Å². The van der Waals surface area contributed by atoms with Crippen molar-refractivity contribution in [3.8, 4) is 5.75 Å². The maximum atomic E-state index is 11.5. The van der Waals surface area contributed by atoms with Gasteiger partial charge in [-0.3, -0.25) is 4.98 Å². The van der Waals surface area contributed by atoms with E-state index in [0.717, 1.165) is 22.1 Å². The summed E-state index contributed by atoms with van der Waals surface area (Å²) in [7, 11) is 0. The Morgan fingerprint density at radius 3 is 2.77 bits per heavy atom. The molecule has 132 valence electrons. The third kappa shape index (κ3) is 3.20. The van der Waals surface area contributed by atoms with Crippen molar-refractivity contribution in [2.75, 3.05) is 19.7 Å². The lowest BCUT2D eigenvalue weighted by molar-refractivity contribution is 0.151. The van der Waals surface area contributed by atoms with E-state index in [1.807, 2.05) is 48.7 Å². The highest BCUT2D eigenvalue weighted by molar-refractivity contribution is 5.87. The zero-order chi connectivity index (χ0) is 17.9. The summed E-state index contributed by atoms with van der Waals surface area (Å²) in [6.45, 7) is 1.47. The molecule has 2 heterocycles. The highest BCUT2D eigenvalue weighted by atomic mass is 16.5. The molecule has 0 aliphatic carbocycles. The second-order valence-electron chi connectivity index (χ2n) is 6.63. The lowest BCUT2D eigenvalue weighted by atomic mass is 9.89. The number of ether oxygens (including phenoxy) is 1. The van der Waals surface area contributed by atoms with Crippen LogP contribution >= 0.6 is 0 Å². The van der Waals surface area contributed by atoms with E-state index in [1.54, 1.807) is 6.20 Å². The van der Waals surface area contributed by atoms with Gasteiger partial charge in [-0.1, -0.05) is 42.5 Å². The number of amides is 1. The molecule has 1 amide bonds. The molecule has 5 nitrogen and oxygen atoms in total. The molecule has 1 aliphatic heterocycles. The van der Waals surface area contributed by atoms with Crippen molar-refractivity contribution in [1.82, 2.24) is 9.88 Å². The number of fused-ring (bicyclic) bond motifs is 1. The molecular weight excluding hydrogens is 328 g/mol. The SMILES string of the molecule is O=C(O)N1C[C@H](COc2cccc3cnccc23)[C@@H](c2ccccc2)C1. The maximum Gasteiger partial charge on any atom is 0.407 e. The van der Waals surface area contributed by atoms with E-state index in [4.69, 9.17) is 4.74 Å². The molecule has 1 fully saturated rings. The topological polar surface area (TPSA) is 62.7 Å². The zero-order valence-electron chi connectivity index (χ0n) is 14.3. The second-order valence-corrected chi connectivity index (χ2v) is 6.63. The number of carbonyl (C=O) groups is 1. The Morgan fingerprint density at radius 2 is 1.96 bits per heavy atom.